The van der Waals surface area contributed by atoms with E-state index in [1.807, 2.05) is 36.4 Å². The lowest BCUT2D eigenvalue weighted by Crippen LogP contribution is -2.09. The molecular weight excluding hydrogens is 853 g/mol. The van der Waals surface area contributed by atoms with Gasteiger partial charge in [-0.1, -0.05) is 153 Å². The second-order valence-corrected chi connectivity index (χ2v) is 16.8. The smallest absolute Gasteiger partial charge is 0.174 e. The van der Waals surface area contributed by atoms with Crippen LogP contribution in [0.15, 0.2) is 187 Å². The summed E-state index contributed by atoms with van der Waals surface area (Å²) in [6, 6.07) is 30.1. The van der Waals surface area contributed by atoms with Crippen LogP contribution in [0.3, 0.4) is 0 Å². The highest BCUT2D eigenvalue weighted by molar-refractivity contribution is 6.10. The van der Waals surface area contributed by atoms with Crippen molar-refractivity contribution in [3.8, 4) is 44.9 Å². The van der Waals surface area contributed by atoms with Gasteiger partial charge in [-0.05, 0) is 120 Å². The van der Waals surface area contributed by atoms with E-state index in [1.165, 1.54) is 42.6 Å². The van der Waals surface area contributed by atoms with Crippen LogP contribution in [0.5, 0.6) is 0 Å². The first-order valence-electron chi connectivity index (χ1n) is 31.2. The number of hydrogen-bond acceptors (Lipinski definition) is 4. The van der Waals surface area contributed by atoms with Crippen molar-refractivity contribution in [2.45, 2.75) is 76.3 Å². The maximum atomic E-state index is 17.0. The number of rotatable bonds is 14. The molecule has 0 N–H and O–H groups in total. The molecule has 4 nitrogen and oxygen atoms in total. The highest BCUT2D eigenvalue weighted by Gasteiger charge is 2.22. The van der Waals surface area contributed by atoms with E-state index in [9.17, 15) is 16.4 Å². The Hall–Kier alpha value is -7.57. The molecule has 4 aromatic heterocycles. The first-order chi connectivity index (χ1) is 40.6. The van der Waals surface area contributed by atoms with E-state index >= 15 is 8.78 Å². The normalized spacial score (nSPS) is 17.9. The molecule has 4 heterocycles. The van der Waals surface area contributed by atoms with Gasteiger partial charge >= 0.3 is 0 Å². The first-order valence-corrected chi connectivity index (χ1v) is 22.7. The summed E-state index contributed by atoms with van der Waals surface area (Å²) in [6.45, 7) is 0. The molecule has 0 spiro atoms. The average Bonchev–Trinajstić information content (AvgIpc) is 1.03. The molecule has 0 bridgehead atoms. The Morgan fingerprint density at radius 1 is 0.493 bits per heavy atom. The minimum atomic E-state index is -3.47. The first kappa shape index (κ1) is 28.7. The number of para-hydroxylation sites is 1. The van der Waals surface area contributed by atoms with Gasteiger partial charge in [0.25, 0.3) is 0 Å². The molecule has 0 aliphatic heterocycles. The zero-order valence-electron chi connectivity index (χ0n) is 54.1. The average molecular weight is 923 g/mol. The van der Waals surface area contributed by atoms with Crippen molar-refractivity contribution in [1.82, 2.24) is 15.0 Å². The van der Waals surface area contributed by atoms with E-state index in [2.05, 4.69) is 15.0 Å². The van der Waals surface area contributed by atoms with Crippen LogP contribution < -0.4 is 0 Å². The van der Waals surface area contributed by atoms with Gasteiger partial charge in [-0.25, -0.2) is 8.78 Å². The Balaban J connectivity index is 1.02. The van der Waals surface area contributed by atoms with Gasteiger partial charge in [-0.15, -0.1) is 0 Å². The topological polar surface area (TPSA) is 51.8 Å². The van der Waals surface area contributed by atoms with Gasteiger partial charge in [0.1, 0.15) is 11.4 Å². The summed E-state index contributed by atoms with van der Waals surface area (Å²) in [5.41, 5.74) is -1.84. The third kappa shape index (κ3) is 9.62. The number of benzene rings is 6. The third-order valence-electron chi connectivity index (χ3n) is 12.4. The standard InChI is InChI=1S/C63H53F2N3O/c64-57-38-60(55-23-13-22-53-54-32-31-52(46-14-5-1-6-15-46)61(65)63(54)69-62(53)55)68-41-51(57)30-27-45-35-43(25-24-42-28-33-58(66-39-42)48-18-9-3-10-19-48)34-44(36-45)26-29-50-40-67-59(49-20-11-4-12-21-49)37-56(50)47-16-7-2-8-17-47/h1,3-6,9-15,18-23,28,31-41,47H,2,7-8,16-17,24-27,29-30H2/i1D,5D,6D,14D,15D,24D2,25D2,26D2,27D2,29D2,30D2. The number of furan rings is 1. The summed E-state index contributed by atoms with van der Waals surface area (Å²) in [5, 5.41) is 0.505. The SMILES string of the molecule is [2H]c1c([2H])c([2H])c(-c2ccc3c(oc4c(-c5cc(F)c(C([2H])([2H])C([2H])([2H])c6cc(C([2H])([2H])C([2H])([2H])c7ccc(-c8ccccc8)nc7)cc(C([2H])([2H])C([2H])([2H])c7cnc(-c8ccccc8)cc7C7CCCCC7)c6)cn5)cccc43)c2F)c([2H])c1[2H]. The van der Waals surface area contributed by atoms with E-state index in [-0.39, 0.29) is 50.4 Å². The molecule has 1 aliphatic carbocycles. The molecule has 0 unspecified atom stereocenters. The minimum Gasteiger partial charge on any atom is -0.452 e. The summed E-state index contributed by atoms with van der Waals surface area (Å²) in [6.07, 6.45) is -12.3. The fourth-order valence-electron chi connectivity index (χ4n) is 8.89. The summed E-state index contributed by atoms with van der Waals surface area (Å²) < 4.78 is 196. The number of hydrogen-bond donors (Lipinski definition) is 0. The van der Waals surface area contributed by atoms with Gasteiger partial charge in [-0.2, -0.15) is 0 Å². The minimum absolute atomic E-state index is 0.0260. The fraction of sp³-hybridized carbons (Fsp3) is 0.190. The van der Waals surface area contributed by atoms with Gasteiger partial charge < -0.3 is 4.42 Å². The second kappa shape index (κ2) is 20.0. The fourth-order valence-corrected chi connectivity index (χ4v) is 8.89. The highest BCUT2D eigenvalue weighted by atomic mass is 19.1. The van der Waals surface area contributed by atoms with Crippen molar-refractivity contribution in [3.05, 3.63) is 233 Å². The van der Waals surface area contributed by atoms with Crippen molar-refractivity contribution < 1.29 is 36.5 Å². The van der Waals surface area contributed by atoms with Crippen LogP contribution in [0.25, 0.3) is 66.8 Å². The van der Waals surface area contributed by atoms with Gasteiger partial charge in [0.2, 0.25) is 0 Å². The van der Waals surface area contributed by atoms with Gasteiger partial charge in [0.05, 0.1) is 23.9 Å². The molecule has 0 amide bonds. The lowest BCUT2D eigenvalue weighted by atomic mass is 9.81. The summed E-state index contributed by atoms with van der Waals surface area (Å²) >= 11 is 0. The largest absolute Gasteiger partial charge is 0.452 e. The highest BCUT2D eigenvalue weighted by Crippen LogP contribution is 2.40. The van der Waals surface area contributed by atoms with E-state index in [1.54, 1.807) is 36.4 Å². The molecule has 10 aromatic rings. The van der Waals surface area contributed by atoms with Crippen LogP contribution in [0, 0.1) is 11.6 Å². The van der Waals surface area contributed by atoms with Crippen LogP contribution in [0.4, 0.5) is 8.78 Å². The summed E-state index contributed by atoms with van der Waals surface area (Å²) in [5.74, 6) is -2.59. The van der Waals surface area contributed by atoms with E-state index in [4.69, 9.17) is 11.3 Å². The van der Waals surface area contributed by atoms with Crippen molar-refractivity contribution in [1.29, 1.82) is 0 Å². The molecular formula is C63H53F2N3O. The van der Waals surface area contributed by atoms with Crippen LogP contribution in [0.1, 0.15) is 100 Å². The summed E-state index contributed by atoms with van der Waals surface area (Å²) in [7, 11) is 0. The Morgan fingerprint density at radius 3 is 1.81 bits per heavy atom. The molecule has 0 saturated heterocycles. The van der Waals surface area contributed by atoms with Crippen molar-refractivity contribution in [2.24, 2.45) is 0 Å². The van der Waals surface area contributed by atoms with Crippen LogP contribution in [-0.4, -0.2) is 15.0 Å². The molecule has 6 aromatic carbocycles. The van der Waals surface area contributed by atoms with Gasteiger partial charge in [0.15, 0.2) is 11.4 Å². The molecule has 1 fully saturated rings. The number of fused-ring (bicyclic) bond motifs is 3. The predicted molar refractivity (Wildman–Crippen MR) is 276 cm³/mol. The Labute approximate surface area is 426 Å². The van der Waals surface area contributed by atoms with E-state index in [0.29, 0.717) is 40.7 Å². The molecule has 1 aliphatic rings. The van der Waals surface area contributed by atoms with Crippen LogP contribution in [-0.2, 0) is 38.2 Å². The lowest BCUT2D eigenvalue weighted by molar-refractivity contribution is 0.441. The van der Waals surface area contributed by atoms with Gasteiger partial charge in [-0.3, -0.25) is 15.0 Å². The number of nitrogens with zero attached hydrogens (tertiary/aromatic N) is 3. The molecule has 11 rings (SSSR count). The molecule has 6 heteroatoms. The molecule has 1 saturated carbocycles. The zero-order valence-corrected chi connectivity index (χ0v) is 37.1. The lowest BCUT2D eigenvalue weighted by Gasteiger charge is -2.25. The molecule has 340 valence electrons. The monoisotopic (exact) mass is 923 g/mol. The van der Waals surface area contributed by atoms with Gasteiger partial charge in [0, 0.05) is 79.7 Å². The number of aromatic nitrogens is 3. The Bertz CT molecular complexity index is 4240. The quantitative estimate of drug-likeness (QED) is 0.109. The summed E-state index contributed by atoms with van der Waals surface area (Å²) in [4.78, 5) is 13.4. The van der Waals surface area contributed by atoms with Crippen molar-refractivity contribution >= 4 is 21.9 Å². The number of halogens is 2. The molecule has 0 atom stereocenters. The number of aryl methyl sites for hydroxylation is 6. The van der Waals surface area contributed by atoms with Crippen LogP contribution in [0.2, 0.25) is 0 Å². The van der Waals surface area contributed by atoms with Crippen molar-refractivity contribution in [3.63, 3.8) is 0 Å². The van der Waals surface area contributed by atoms with E-state index < -0.39 is 108 Å². The Kier molecular flexibility index (Phi) is 8.29. The Morgan fingerprint density at radius 2 is 1.12 bits per heavy atom. The molecule has 0 radical (unpaired) electrons. The molecule has 69 heavy (non-hydrogen) atoms. The number of pyridine rings is 3. The van der Waals surface area contributed by atoms with Crippen molar-refractivity contribution in [2.75, 3.05) is 0 Å². The van der Waals surface area contributed by atoms with E-state index in [0.717, 1.165) is 61.5 Å². The maximum Gasteiger partial charge on any atom is 0.174 e. The third-order valence-corrected chi connectivity index (χ3v) is 12.4. The second-order valence-electron chi connectivity index (χ2n) is 16.8. The predicted octanol–water partition coefficient (Wildman–Crippen LogP) is 16.1. The zero-order chi connectivity index (χ0) is 61.6. The van der Waals surface area contributed by atoms with Crippen LogP contribution >= 0.6 is 0 Å². The maximum absolute atomic E-state index is 17.0.